The Kier molecular flexibility index (Phi) is 6.97. The van der Waals surface area contributed by atoms with Crippen LogP contribution in [0.15, 0.2) is 18.3 Å². The Morgan fingerprint density at radius 2 is 2.13 bits per heavy atom. The van der Waals surface area contributed by atoms with E-state index in [-0.39, 0.29) is 5.91 Å². The van der Waals surface area contributed by atoms with Gasteiger partial charge in [-0.3, -0.25) is 4.79 Å². The molecule has 0 aromatic carbocycles. The molecule has 0 saturated heterocycles. The third-order valence-corrected chi connectivity index (χ3v) is 1.54. The van der Waals surface area contributed by atoms with Crippen LogP contribution in [-0.4, -0.2) is 24.5 Å². The molecule has 0 fully saturated rings. The van der Waals surface area contributed by atoms with Crippen LogP contribution in [-0.2, 0) is 0 Å². The van der Waals surface area contributed by atoms with E-state index in [9.17, 15) is 4.79 Å². The van der Waals surface area contributed by atoms with Gasteiger partial charge >= 0.3 is 0 Å². The molecule has 1 rings (SSSR count). The molecule has 15 heavy (non-hydrogen) atoms. The van der Waals surface area contributed by atoms with Crippen molar-refractivity contribution in [3.05, 3.63) is 24.0 Å². The lowest BCUT2D eigenvalue weighted by Gasteiger charge is -2.02. The van der Waals surface area contributed by atoms with Gasteiger partial charge in [0.25, 0.3) is 5.91 Å². The lowest BCUT2D eigenvalue weighted by molar-refractivity contribution is 0.0951. The Labute approximate surface area is 90.7 Å². The summed E-state index contributed by atoms with van der Waals surface area (Å²) in [7, 11) is 1.56. The Morgan fingerprint density at radius 1 is 1.47 bits per heavy atom. The van der Waals surface area contributed by atoms with Crippen molar-refractivity contribution in [1.29, 1.82) is 0 Å². The summed E-state index contributed by atoms with van der Waals surface area (Å²) >= 11 is 0. The molecule has 1 aromatic rings. The number of hydrogen-bond acceptors (Lipinski definition) is 3. The van der Waals surface area contributed by atoms with E-state index in [4.69, 9.17) is 4.74 Å². The highest BCUT2D eigenvalue weighted by molar-refractivity contribution is 5.92. The van der Waals surface area contributed by atoms with Crippen molar-refractivity contribution < 1.29 is 9.53 Å². The second-order valence-corrected chi connectivity index (χ2v) is 2.44. The Hall–Kier alpha value is -1.58. The van der Waals surface area contributed by atoms with Crippen LogP contribution >= 0.6 is 0 Å². The third-order valence-electron chi connectivity index (χ3n) is 1.54. The standard InChI is InChI=1S/C9H12N2O2.C2H6/c1-3-10-9(12)8-5-4-7(13-2)6-11-8;1-2/h4-6H,3H2,1-2H3,(H,10,12);1-2H3. The summed E-state index contributed by atoms with van der Waals surface area (Å²) < 4.78 is 4.91. The lowest BCUT2D eigenvalue weighted by Crippen LogP contribution is -2.23. The van der Waals surface area contributed by atoms with Gasteiger partial charge in [-0.05, 0) is 19.1 Å². The number of carbonyl (C=O) groups is 1. The van der Waals surface area contributed by atoms with Crippen LogP contribution in [0.5, 0.6) is 5.75 Å². The predicted octanol–water partition coefficient (Wildman–Crippen LogP) is 1.87. The van der Waals surface area contributed by atoms with Crippen LogP contribution in [0.25, 0.3) is 0 Å². The summed E-state index contributed by atoms with van der Waals surface area (Å²) in [5, 5.41) is 2.66. The van der Waals surface area contributed by atoms with E-state index in [0.29, 0.717) is 18.0 Å². The maximum absolute atomic E-state index is 11.2. The number of carbonyl (C=O) groups excluding carboxylic acids is 1. The average molecular weight is 210 g/mol. The lowest BCUT2D eigenvalue weighted by atomic mass is 10.3. The molecule has 0 spiro atoms. The van der Waals surface area contributed by atoms with Gasteiger partial charge in [-0.2, -0.15) is 0 Å². The molecule has 1 N–H and O–H groups in total. The summed E-state index contributed by atoms with van der Waals surface area (Å²) in [6.45, 7) is 6.47. The van der Waals surface area contributed by atoms with E-state index in [1.54, 1.807) is 19.2 Å². The van der Waals surface area contributed by atoms with Gasteiger partial charge in [0.2, 0.25) is 0 Å². The first-order chi connectivity index (χ1) is 7.27. The molecule has 4 heteroatoms. The van der Waals surface area contributed by atoms with Crippen molar-refractivity contribution >= 4 is 5.91 Å². The first-order valence-corrected chi connectivity index (χ1v) is 5.06. The Balaban J connectivity index is 0.000000921. The molecule has 1 heterocycles. The molecular formula is C11H18N2O2. The molecule has 0 unspecified atom stereocenters. The smallest absolute Gasteiger partial charge is 0.269 e. The molecule has 1 aromatic heterocycles. The first kappa shape index (κ1) is 13.4. The van der Waals surface area contributed by atoms with Crippen LogP contribution in [0.3, 0.4) is 0 Å². The normalized spacial score (nSPS) is 8.53. The number of rotatable bonds is 3. The fourth-order valence-electron chi connectivity index (χ4n) is 0.886. The van der Waals surface area contributed by atoms with Gasteiger partial charge in [0, 0.05) is 6.54 Å². The molecule has 0 radical (unpaired) electrons. The Bertz CT molecular complexity index is 283. The van der Waals surface area contributed by atoms with Crippen LogP contribution in [0.1, 0.15) is 31.3 Å². The molecule has 0 saturated carbocycles. The van der Waals surface area contributed by atoms with Crippen molar-refractivity contribution in [2.75, 3.05) is 13.7 Å². The van der Waals surface area contributed by atoms with E-state index in [1.807, 2.05) is 20.8 Å². The van der Waals surface area contributed by atoms with Crippen molar-refractivity contribution in [1.82, 2.24) is 10.3 Å². The zero-order chi connectivity index (χ0) is 11.7. The van der Waals surface area contributed by atoms with E-state index in [2.05, 4.69) is 10.3 Å². The van der Waals surface area contributed by atoms with Gasteiger partial charge in [-0.15, -0.1) is 0 Å². The van der Waals surface area contributed by atoms with Crippen LogP contribution < -0.4 is 10.1 Å². The summed E-state index contributed by atoms with van der Waals surface area (Å²) in [4.78, 5) is 15.2. The quantitative estimate of drug-likeness (QED) is 0.828. The number of pyridine rings is 1. The number of amides is 1. The maximum atomic E-state index is 11.2. The molecular weight excluding hydrogens is 192 g/mol. The number of ether oxygens (including phenoxy) is 1. The fraction of sp³-hybridized carbons (Fsp3) is 0.455. The Morgan fingerprint density at radius 3 is 2.53 bits per heavy atom. The number of nitrogens with one attached hydrogen (secondary N) is 1. The largest absolute Gasteiger partial charge is 0.495 e. The highest BCUT2D eigenvalue weighted by atomic mass is 16.5. The SMILES string of the molecule is CC.CCNC(=O)c1ccc(OC)cn1. The number of methoxy groups -OCH3 is 1. The van der Waals surface area contributed by atoms with Crippen LogP contribution in [0, 0.1) is 0 Å². The van der Waals surface area contributed by atoms with Crippen LogP contribution in [0.2, 0.25) is 0 Å². The van der Waals surface area contributed by atoms with Gasteiger partial charge < -0.3 is 10.1 Å². The summed E-state index contributed by atoms with van der Waals surface area (Å²) in [6.07, 6.45) is 1.52. The zero-order valence-corrected chi connectivity index (χ0v) is 9.70. The molecule has 84 valence electrons. The molecule has 0 aliphatic carbocycles. The molecule has 1 amide bonds. The second-order valence-electron chi connectivity index (χ2n) is 2.44. The monoisotopic (exact) mass is 210 g/mol. The number of hydrogen-bond donors (Lipinski definition) is 1. The van der Waals surface area contributed by atoms with Crippen molar-refractivity contribution in [2.45, 2.75) is 20.8 Å². The van der Waals surface area contributed by atoms with Gasteiger partial charge in [0.15, 0.2) is 0 Å². The van der Waals surface area contributed by atoms with Gasteiger partial charge in [-0.1, -0.05) is 13.8 Å². The molecule has 0 bridgehead atoms. The predicted molar refractivity (Wildman–Crippen MR) is 60.1 cm³/mol. The molecule has 4 nitrogen and oxygen atoms in total. The molecule has 0 atom stereocenters. The van der Waals surface area contributed by atoms with E-state index in [1.165, 1.54) is 6.20 Å². The molecule has 0 aliphatic rings. The van der Waals surface area contributed by atoms with Crippen molar-refractivity contribution in [3.63, 3.8) is 0 Å². The average Bonchev–Trinajstić information content (AvgIpc) is 2.32. The summed E-state index contributed by atoms with van der Waals surface area (Å²) in [5.74, 6) is 0.484. The van der Waals surface area contributed by atoms with Crippen LogP contribution in [0.4, 0.5) is 0 Å². The highest BCUT2D eigenvalue weighted by Gasteiger charge is 2.04. The minimum absolute atomic E-state index is 0.162. The second kappa shape index (κ2) is 7.79. The molecule has 0 aliphatic heterocycles. The maximum Gasteiger partial charge on any atom is 0.269 e. The number of aromatic nitrogens is 1. The van der Waals surface area contributed by atoms with Gasteiger partial charge in [0.05, 0.1) is 13.3 Å². The summed E-state index contributed by atoms with van der Waals surface area (Å²) in [5.41, 5.74) is 0.405. The highest BCUT2D eigenvalue weighted by Crippen LogP contribution is 2.07. The third kappa shape index (κ3) is 4.44. The van der Waals surface area contributed by atoms with E-state index >= 15 is 0 Å². The van der Waals surface area contributed by atoms with E-state index in [0.717, 1.165) is 0 Å². The minimum Gasteiger partial charge on any atom is -0.495 e. The number of nitrogens with zero attached hydrogens (tertiary/aromatic N) is 1. The zero-order valence-electron chi connectivity index (χ0n) is 9.70. The van der Waals surface area contributed by atoms with Crippen molar-refractivity contribution in [3.8, 4) is 5.75 Å². The minimum atomic E-state index is -0.162. The van der Waals surface area contributed by atoms with Crippen molar-refractivity contribution in [2.24, 2.45) is 0 Å². The first-order valence-electron chi connectivity index (χ1n) is 5.06. The van der Waals surface area contributed by atoms with Gasteiger partial charge in [0.1, 0.15) is 11.4 Å². The topological polar surface area (TPSA) is 51.2 Å². The fourth-order valence-corrected chi connectivity index (χ4v) is 0.886. The van der Waals surface area contributed by atoms with Gasteiger partial charge in [-0.25, -0.2) is 4.98 Å². The summed E-state index contributed by atoms with van der Waals surface area (Å²) in [6, 6.07) is 3.33. The van der Waals surface area contributed by atoms with E-state index < -0.39 is 0 Å².